The van der Waals surface area contributed by atoms with E-state index < -0.39 is 4.92 Å². The van der Waals surface area contributed by atoms with Crippen molar-refractivity contribution in [1.29, 1.82) is 0 Å². The van der Waals surface area contributed by atoms with E-state index in [-0.39, 0.29) is 23.2 Å². The molecule has 0 amide bonds. The molecule has 5 nitrogen and oxygen atoms in total. The van der Waals surface area contributed by atoms with Crippen molar-refractivity contribution < 1.29 is 14.5 Å². The van der Waals surface area contributed by atoms with Crippen LogP contribution in [0.1, 0.15) is 115 Å². The van der Waals surface area contributed by atoms with E-state index in [0.29, 0.717) is 11.0 Å². The van der Waals surface area contributed by atoms with Gasteiger partial charge in [-0.3, -0.25) is 10.1 Å². The van der Waals surface area contributed by atoms with Gasteiger partial charge >= 0.3 is 5.97 Å². The van der Waals surface area contributed by atoms with Crippen LogP contribution >= 0.6 is 0 Å². The molecule has 0 radical (unpaired) electrons. The number of unbranched alkanes of at least 4 members (excludes halogenated alkanes) is 1. The Morgan fingerprint density at radius 1 is 1.05 bits per heavy atom. The van der Waals surface area contributed by atoms with Gasteiger partial charge in [-0.1, -0.05) is 58.6 Å². The Balaban J connectivity index is 1.22. The summed E-state index contributed by atoms with van der Waals surface area (Å²) in [5, 5.41) is 10.9. The van der Waals surface area contributed by atoms with Crippen molar-refractivity contribution in [3.63, 3.8) is 0 Å². The number of nitro groups is 1. The highest BCUT2D eigenvalue weighted by atomic mass is 16.6. The minimum absolute atomic E-state index is 0.0137. The Labute approximate surface area is 228 Å². The van der Waals surface area contributed by atoms with Gasteiger partial charge in [0.05, 0.1) is 10.5 Å². The molecule has 208 valence electrons. The maximum atomic E-state index is 12.8. The van der Waals surface area contributed by atoms with Gasteiger partial charge in [0.25, 0.3) is 5.69 Å². The summed E-state index contributed by atoms with van der Waals surface area (Å²) in [4.78, 5) is 23.2. The number of ether oxygens (including phenoxy) is 1. The lowest BCUT2D eigenvalue weighted by atomic mass is 9.47. The van der Waals surface area contributed by atoms with Gasteiger partial charge in [-0.15, -0.1) is 0 Å². The number of carbonyl (C=O) groups is 1. The molecule has 4 aliphatic carbocycles. The average molecular weight is 522 g/mol. The Hall–Kier alpha value is -2.17. The topological polar surface area (TPSA) is 69.4 Å². The molecule has 1 aromatic rings. The van der Waals surface area contributed by atoms with Crippen molar-refractivity contribution in [1.82, 2.24) is 0 Å². The highest BCUT2D eigenvalue weighted by Crippen LogP contribution is 2.66. The van der Waals surface area contributed by atoms with Crippen molar-refractivity contribution in [3.8, 4) is 0 Å². The van der Waals surface area contributed by atoms with Crippen molar-refractivity contribution in [2.75, 3.05) is 0 Å². The molecular weight excluding hydrogens is 474 g/mol. The maximum absolute atomic E-state index is 12.8. The molecule has 0 saturated heterocycles. The number of nitro benzene ring substituents is 1. The molecule has 0 N–H and O–H groups in total. The molecule has 0 aliphatic heterocycles. The lowest BCUT2D eigenvalue weighted by Crippen LogP contribution is -2.50. The molecule has 5 heteroatoms. The molecule has 3 fully saturated rings. The van der Waals surface area contributed by atoms with E-state index in [2.05, 4.69) is 33.8 Å². The number of fused-ring (bicyclic) bond motifs is 5. The van der Waals surface area contributed by atoms with Crippen LogP contribution in [0, 0.1) is 50.5 Å². The van der Waals surface area contributed by atoms with Crippen LogP contribution < -0.4 is 0 Å². The van der Waals surface area contributed by atoms with E-state index >= 15 is 0 Å². The maximum Gasteiger partial charge on any atom is 0.338 e. The van der Waals surface area contributed by atoms with Gasteiger partial charge in [0.1, 0.15) is 6.10 Å². The van der Waals surface area contributed by atoms with Crippen LogP contribution in [-0.2, 0) is 4.74 Å². The third-order valence-electron chi connectivity index (χ3n) is 11.4. The van der Waals surface area contributed by atoms with E-state index in [0.717, 1.165) is 48.9 Å². The number of rotatable bonds is 8. The molecule has 3 saturated carbocycles. The van der Waals surface area contributed by atoms with E-state index in [1.807, 2.05) is 0 Å². The summed E-state index contributed by atoms with van der Waals surface area (Å²) in [6, 6.07) is 5.73. The second-order valence-electron chi connectivity index (χ2n) is 13.8. The number of hydrogen-bond acceptors (Lipinski definition) is 4. The Kier molecular flexibility index (Phi) is 7.77. The third kappa shape index (κ3) is 5.07. The molecular formula is C33H47NO4. The first-order valence-corrected chi connectivity index (χ1v) is 15.3. The predicted molar refractivity (Wildman–Crippen MR) is 151 cm³/mol. The summed E-state index contributed by atoms with van der Waals surface area (Å²) in [6.07, 6.45) is 17.6. The van der Waals surface area contributed by atoms with Crippen LogP contribution in [0.2, 0.25) is 0 Å². The smallest absolute Gasteiger partial charge is 0.338 e. The molecule has 7 atom stereocenters. The van der Waals surface area contributed by atoms with Crippen molar-refractivity contribution >= 4 is 11.7 Å². The summed E-state index contributed by atoms with van der Waals surface area (Å²) >= 11 is 0. The second kappa shape index (κ2) is 10.8. The van der Waals surface area contributed by atoms with Crippen molar-refractivity contribution in [3.05, 3.63) is 51.6 Å². The second-order valence-corrected chi connectivity index (χ2v) is 13.8. The van der Waals surface area contributed by atoms with Crippen LogP contribution in [-0.4, -0.2) is 17.0 Å². The van der Waals surface area contributed by atoms with Gasteiger partial charge in [-0.2, -0.15) is 0 Å². The van der Waals surface area contributed by atoms with Gasteiger partial charge < -0.3 is 4.74 Å². The fourth-order valence-electron chi connectivity index (χ4n) is 9.19. The first-order chi connectivity index (χ1) is 18.1. The Bertz CT molecular complexity index is 1060. The summed E-state index contributed by atoms with van der Waals surface area (Å²) in [5.74, 6) is 3.79. The highest BCUT2D eigenvalue weighted by Gasteiger charge is 2.58. The number of non-ortho nitro benzene ring substituents is 1. The quantitative estimate of drug-likeness (QED) is 0.113. The van der Waals surface area contributed by atoms with Crippen molar-refractivity contribution in [2.45, 2.75) is 111 Å². The molecule has 0 spiro atoms. The molecule has 0 heterocycles. The van der Waals surface area contributed by atoms with Crippen molar-refractivity contribution in [2.24, 2.45) is 40.4 Å². The lowest BCUT2D eigenvalue weighted by molar-refractivity contribution is -0.384. The Morgan fingerprint density at radius 3 is 2.53 bits per heavy atom. The third-order valence-corrected chi connectivity index (χ3v) is 11.4. The minimum atomic E-state index is -0.451. The molecule has 0 bridgehead atoms. The highest BCUT2D eigenvalue weighted by molar-refractivity contribution is 5.89. The van der Waals surface area contributed by atoms with Gasteiger partial charge in [0.15, 0.2) is 0 Å². The van der Waals surface area contributed by atoms with E-state index in [9.17, 15) is 14.9 Å². The molecule has 38 heavy (non-hydrogen) atoms. The van der Waals surface area contributed by atoms with Gasteiger partial charge in [0, 0.05) is 18.6 Å². The molecule has 0 unspecified atom stereocenters. The standard InChI is InChI=1S/C33H47NO4/c1-22(2)7-5-6-8-24-12-16-29-28-15-11-25-21-27(17-19-33(25,4)30(28)18-20-32(24,29)3)38-31(35)23-9-13-26(14-10-23)34(36)37/h9-11,13-14,22,24,27-30H,5-8,12,15-21H2,1-4H3/t24-,27+,28-,29-,30-,32+,33-/m0/s1. The summed E-state index contributed by atoms with van der Waals surface area (Å²) in [7, 11) is 0. The van der Waals surface area contributed by atoms with E-state index in [1.165, 1.54) is 87.6 Å². The number of benzene rings is 1. The first-order valence-electron chi connectivity index (χ1n) is 15.3. The molecule has 1 aromatic carbocycles. The molecule has 4 aliphatic rings. The number of carbonyl (C=O) groups excluding carboxylic acids is 1. The Morgan fingerprint density at radius 2 is 1.82 bits per heavy atom. The van der Waals surface area contributed by atoms with Crippen LogP contribution in [0.25, 0.3) is 0 Å². The summed E-state index contributed by atoms with van der Waals surface area (Å²) < 4.78 is 5.92. The first kappa shape index (κ1) is 27.4. The molecule has 0 aromatic heterocycles. The van der Waals surface area contributed by atoms with Gasteiger partial charge in [-0.05, 0) is 104 Å². The SMILES string of the molecule is CC(C)CCCC[C@H]1CC[C@H]2[C@@H]3CC=C4C[C@H](OC(=O)c5ccc([N+](=O)[O-])cc5)CC[C@]4(C)[C@H]3CC[C@]12C. The monoisotopic (exact) mass is 521 g/mol. The fraction of sp³-hybridized carbons (Fsp3) is 0.727. The number of nitrogens with zero attached hydrogens (tertiary/aromatic N) is 1. The number of hydrogen-bond donors (Lipinski definition) is 0. The van der Waals surface area contributed by atoms with Crippen LogP contribution in [0.15, 0.2) is 35.9 Å². The lowest BCUT2D eigenvalue weighted by Gasteiger charge is -2.58. The minimum Gasteiger partial charge on any atom is -0.458 e. The largest absolute Gasteiger partial charge is 0.458 e. The van der Waals surface area contributed by atoms with Crippen LogP contribution in [0.4, 0.5) is 5.69 Å². The normalized spacial score (nSPS) is 36.1. The van der Waals surface area contributed by atoms with Crippen LogP contribution in [0.5, 0.6) is 0 Å². The average Bonchev–Trinajstić information content (AvgIpc) is 3.23. The number of esters is 1. The van der Waals surface area contributed by atoms with E-state index in [1.54, 1.807) is 0 Å². The summed E-state index contributed by atoms with van der Waals surface area (Å²) in [5.41, 5.74) is 2.64. The summed E-state index contributed by atoms with van der Waals surface area (Å²) in [6.45, 7) is 9.83. The van der Waals surface area contributed by atoms with E-state index in [4.69, 9.17) is 4.74 Å². The predicted octanol–water partition coefficient (Wildman–Crippen LogP) is 8.92. The van der Waals surface area contributed by atoms with Crippen LogP contribution in [0.3, 0.4) is 0 Å². The van der Waals surface area contributed by atoms with Gasteiger partial charge in [0.2, 0.25) is 0 Å². The zero-order chi connectivity index (χ0) is 27.1. The zero-order valence-corrected chi connectivity index (χ0v) is 23.9. The van der Waals surface area contributed by atoms with Gasteiger partial charge in [-0.25, -0.2) is 4.79 Å². The molecule has 5 rings (SSSR count). The zero-order valence-electron chi connectivity index (χ0n) is 23.9. The number of allylic oxidation sites excluding steroid dienone is 1. The fourth-order valence-corrected chi connectivity index (χ4v) is 9.19.